The molecule has 31 heavy (non-hydrogen) atoms. The number of aryl methyl sites for hydroxylation is 1. The Balaban J connectivity index is 1.44. The third-order valence-corrected chi connectivity index (χ3v) is 5.45. The van der Waals surface area contributed by atoms with E-state index in [0.717, 1.165) is 22.2 Å². The summed E-state index contributed by atoms with van der Waals surface area (Å²) in [4.78, 5) is 38.2. The SMILES string of the molecule is Cc1ccc(NC(=O)CN2C(=O)SC(=Cc3ccc(-c4ccc(F)cc4)o3)C2=O)cc1. The number of furan rings is 1. The number of benzene rings is 2. The van der Waals surface area contributed by atoms with Crippen molar-refractivity contribution in [3.05, 3.63) is 82.7 Å². The van der Waals surface area contributed by atoms with Crippen molar-refractivity contribution in [2.45, 2.75) is 6.92 Å². The zero-order chi connectivity index (χ0) is 22.0. The molecule has 156 valence electrons. The van der Waals surface area contributed by atoms with Crippen LogP contribution in [0.25, 0.3) is 17.4 Å². The van der Waals surface area contributed by atoms with E-state index in [-0.39, 0.29) is 17.3 Å². The minimum absolute atomic E-state index is 0.160. The fourth-order valence-electron chi connectivity index (χ4n) is 2.95. The number of amides is 3. The molecule has 0 spiro atoms. The Labute approximate surface area is 181 Å². The van der Waals surface area contributed by atoms with Gasteiger partial charge in [0, 0.05) is 17.3 Å². The summed E-state index contributed by atoms with van der Waals surface area (Å²) in [5.41, 5.74) is 2.32. The van der Waals surface area contributed by atoms with Gasteiger partial charge in [-0.2, -0.15) is 0 Å². The van der Waals surface area contributed by atoms with E-state index in [1.165, 1.54) is 18.2 Å². The third-order valence-electron chi connectivity index (χ3n) is 4.54. The van der Waals surface area contributed by atoms with Gasteiger partial charge in [-0.15, -0.1) is 0 Å². The minimum Gasteiger partial charge on any atom is -0.457 e. The highest BCUT2D eigenvalue weighted by Gasteiger charge is 2.36. The molecule has 2 heterocycles. The van der Waals surface area contributed by atoms with E-state index in [0.29, 0.717) is 22.8 Å². The molecule has 1 N–H and O–H groups in total. The number of hydrogen-bond donors (Lipinski definition) is 1. The minimum atomic E-state index is -0.561. The lowest BCUT2D eigenvalue weighted by Crippen LogP contribution is -2.36. The normalized spacial score (nSPS) is 15.0. The fraction of sp³-hybridized carbons (Fsp3) is 0.0870. The molecule has 2 aromatic carbocycles. The van der Waals surface area contributed by atoms with E-state index in [4.69, 9.17) is 4.42 Å². The molecule has 0 aliphatic carbocycles. The van der Waals surface area contributed by atoms with Gasteiger partial charge in [-0.3, -0.25) is 19.3 Å². The summed E-state index contributed by atoms with van der Waals surface area (Å²) in [7, 11) is 0. The molecular weight excluding hydrogens is 419 g/mol. The Hall–Kier alpha value is -3.65. The first-order chi connectivity index (χ1) is 14.9. The van der Waals surface area contributed by atoms with E-state index in [1.807, 2.05) is 19.1 Å². The zero-order valence-corrected chi connectivity index (χ0v) is 17.2. The van der Waals surface area contributed by atoms with Gasteiger partial charge in [0.1, 0.15) is 23.9 Å². The van der Waals surface area contributed by atoms with Crippen molar-refractivity contribution in [2.24, 2.45) is 0 Å². The van der Waals surface area contributed by atoms with Crippen LogP contribution in [0.2, 0.25) is 0 Å². The Kier molecular flexibility index (Phi) is 5.73. The first-order valence-electron chi connectivity index (χ1n) is 9.37. The van der Waals surface area contributed by atoms with Crippen LogP contribution in [-0.2, 0) is 9.59 Å². The van der Waals surface area contributed by atoms with E-state index in [1.54, 1.807) is 36.4 Å². The van der Waals surface area contributed by atoms with Crippen LogP contribution in [0.15, 0.2) is 70.0 Å². The Morgan fingerprint density at radius 2 is 1.77 bits per heavy atom. The molecule has 1 fully saturated rings. The fourth-order valence-corrected chi connectivity index (χ4v) is 3.76. The largest absolute Gasteiger partial charge is 0.457 e. The molecule has 8 heteroatoms. The van der Waals surface area contributed by atoms with Gasteiger partial charge in [-0.25, -0.2) is 4.39 Å². The number of nitrogens with zero attached hydrogens (tertiary/aromatic N) is 1. The molecule has 4 rings (SSSR count). The summed E-state index contributed by atoms with van der Waals surface area (Å²) in [6.45, 7) is 1.55. The number of halogens is 1. The van der Waals surface area contributed by atoms with Gasteiger partial charge < -0.3 is 9.73 Å². The average Bonchev–Trinajstić information content (AvgIpc) is 3.31. The van der Waals surface area contributed by atoms with Gasteiger partial charge in [0.25, 0.3) is 11.1 Å². The van der Waals surface area contributed by atoms with Crippen LogP contribution >= 0.6 is 11.8 Å². The Bertz CT molecular complexity index is 1180. The first-order valence-corrected chi connectivity index (χ1v) is 10.2. The van der Waals surface area contributed by atoms with Gasteiger partial charge in [0.15, 0.2) is 0 Å². The van der Waals surface area contributed by atoms with Crippen molar-refractivity contribution < 1.29 is 23.2 Å². The standard InChI is InChI=1S/C23H17FN2O4S/c1-14-2-8-17(9-3-14)25-21(27)13-26-22(28)20(31-23(26)29)12-18-10-11-19(30-18)15-4-6-16(24)7-5-15/h2-12H,13H2,1H3,(H,25,27). The maximum Gasteiger partial charge on any atom is 0.294 e. The van der Waals surface area contributed by atoms with Crippen molar-refractivity contribution in [3.8, 4) is 11.3 Å². The highest BCUT2D eigenvalue weighted by molar-refractivity contribution is 8.18. The van der Waals surface area contributed by atoms with Crippen molar-refractivity contribution in [1.29, 1.82) is 0 Å². The number of rotatable bonds is 5. The summed E-state index contributed by atoms with van der Waals surface area (Å²) in [6.07, 6.45) is 1.45. The van der Waals surface area contributed by atoms with Gasteiger partial charge in [0.2, 0.25) is 5.91 Å². The summed E-state index contributed by atoms with van der Waals surface area (Å²) < 4.78 is 18.8. The molecule has 1 aliphatic heterocycles. The summed E-state index contributed by atoms with van der Waals surface area (Å²) in [5, 5.41) is 2.14. The third kappa shape index (κ3) is 4.75. The molecule has 0 bridgehead atoms. The van der Waals surface area contributed by atoms with Gasteiger partial charge in [0.05, 0.1) is 4.91 Å². The van der Waals surface area contributed by atoms with Crippen molar-refractivity contribution >= 4 is 40.6 Å². The number of imide groups is 1. The van der Waals surface area contributed by atoms with Crippen LogP contribution < -0.4 is 5.32 Å². The van der Waals surface area contributed by atoms with E-state index in [9.17, 15) is 18.8 Å². The number of carbonyl (C=O) groups is 3. The van der Waals surface area contributed by atoms with Crippen molar-refractivity contribution in [3.63, 3.8) is 0 Å². The van der Waals surface area contributed by atoms with Crippen LogP contribution in [0.1, 0.15) is 11.3 Å². The highest BCUT2D eigenvalue weighted by Crippen LogP contribution is 2.33. The van der Waals surface area contributed by atoms with Gasteiger partial charge in [-0.1, -0.05) is 17.7 Å². The molecule has 1 aromatic heterocycles. The van der Waals surface area contributed by atoms with E-state index >= 15 is 0 Å². The van der Waals surface area contributed by atoms with Crippen LogP contribution in [-0.4, -0.2) is 28.5 Å². The molecule has 1 aliphatic rings. The number of carbonyl (C=O) groups excluding carboxylic acids is 3. The highest BCUT2D eigenvalue weighted by atomic mass is 32.2. The molecule has 0 saturated carbocycles. The number of nitrogens with one attached hydrogen (secondary N) is 1. The maximum atomic E-state index is 13.1. The molecular formula is C23H17FN2O4S. The number of thioether (sulfide) groups is 1. The summed E-state index contributed by atoms with van der Waals surface area (Å²) >= 11 is 0.743. The van der Waals surface area contributed by atoms with E-state index < -0.39 is 17.1 Å². The quantitative estimate of drug-likeness (QED) is 0.565. The smallest absolute Gasteiger partial charge is 0.294 e. The van der Waals surface area contributed by atoms with Crippen LogP contribution in [0, 0.1) is 12.7 Å². The Morgan fingerprint density at radius 1 is 1.06 bits per heavy atom. The molecule has 3 aromatic rings. The van der Waals surface area contributed by atoms with Crippen molar-refractivity contribution in [1.82, 2.24) is 4.90 Å². The lowest BCUT2D eigenvalue weighted by Gasteiger charge is -2.12. The molecule has 1 saturated heterocycles. The van der Waals surface area contributed by atoms with Gasteiger partial charge in [-0.05, 0) is 67.2 Å². The maximum absolute atomic E-state index is 13.1. The molecule has 0 atom stereocenters. The van der Waals surface area contributed by atoms with E-state index in [2.05, 4.69) is 5.32 Å². The Morgan fingerprint density at radius 3 is 2.48 bits per heavy atom. The summed E-state index contributed by atoms with van der Waals surface area (Å²) in [5.74, 6) is -0.509. The average molecular weight is 436 g/mol. The topological polar surface area (TPSA) is 79.6 Å². The predicted molar refractivity (Wildman–Crippen MR) is 117 cm³/mol. The molecule has 0 radical (unpaired) electrons. The number of hydrogen-bond acceptors (Lipinski definition) is 5. The van der Waals surface area contributed by atoms with Gasteiger partial charge >= 0.3 is 0 Å². The second kappa shape index (κ2) is 8.61. The first kappa shape index (κ1) is 20.6. The number of anilines is 1. The molecule has 3 amide bonds. The predicted octanol–water partition coefficient (Wildman–Crippen LogP) is 5.07. The van der Waals surface area contributed by atoms with Crippen LogP contribution in [0.5, 0.6) is 0 Å². The lowest BCUT2D eigenvalue weighted by atomic mass is 10.2. The zero-order valence-electron chi connectivity index (χ0n) is 16.4. The molecule has 6 nitrogen and oxygen atoms in total. The molecule has 0 unspecified atom stereocenters. The van der Waals surface area contributed by atoms with Crippen LogP contribution in [0.4, 0.5) is 14.9 Å². The van der Waals surface area contributed by atoms with Crippen LogP contribution in [0.3, 0.4) is 0 Å². The lowest BCUT2D eigenvalue weighted by molar-refractivity contribution is -0.127. The second-order valence-electron chi connectivity index (χ2n) is 6.89. The second-order valence-corrected chi connectivity index (χ2v) is 7.88. The monoisotopic (exact) mass is 436 g/mol. The van der Waals surface area contributed by atoms with Crippen molar-refractivity contribution in [2.75, 3.05) is 11.9 Å². The summed E-state index contributed by atoms with van der Waals surface area (Å²) in [6, 6.07) is 16.3.